The Bertz CT molecular complexity index is 840. The van der Waals surface area contributed by atoms with E-state index >= 15 is 0 Å². The van der Waals surface area contributed by atoms with Crippen LogP contribution in [0.5, 0.6) is 0 Å². The van der Waals surface area contributed by atoms with Gasteiger partial charge in [0.15, 0.2) is 0 Å². The molecule has 0 aromatic heterocycles. The van der Waals surface area contributed by atoms with Crippen molar-refractivity contribution in [3.8, 4) is 0 Å². The van der Waals surface area contributed by atoms with Crippen LogP contribution in [0.15, 0.2) is 35.4 Å². The SMILES string of the molecule is CC(=O)NCCC1C(=O)N(C2CCN(C3CCC(=C(C)C)CC3)CC2)c2ccccc21. The van der Waals surface area contributed by atoms with E-state index in [0.29, 0.717) is 19.0 Å². The Morgan fingerprint density at radius 1 is 1.00 bits per heavy atom. The summed E-state index contributed by atoms with van der Waals surface area (Å²) in [6, 6.07) is 9.23. The zero-order chi connectivity index (χ0) is 22.0. The van der Waals surface area contributed by atoms with Crippen molar-refractivity contribution < 1.29 is 9.59 Å². The number of para-hydroxylation sites is 1. The van der Waals surface area contributed by atoms with E-state index in [4.69, 9.17) is 0 Å². The van der Waals surface area contributed by atoms with Crippen LogP contribution in [0.2, 0.25) is 0 Å². The Hall–Kier alpha value is -2.14. The highest BCUT2D eigenvalue weighted by molar-refractivity contribution is 6.05. The lowest BCUT2D eigenvalue weighted by Crippen LogP contribution is -2.50. The quantitative estimate of drug-likeness (QED) is 0.715. The molecule has 1 saturated heterocycles. The molecular weight excluding hydrogens is 386 g/mol. The molecule has 1 unspecified atom stereocenters. The molecule has 2 amide bonds. The van der Waals surface area contributed by atoms with Crippen LogP contribution in [-0.4, -0.2) is 48.4 Å². The second kappa shape index (κ2) is 9.56. The first-order chi connectivity index (χ1) is 15.0. The van der Waals surface area contributed by atoms with E-state index in [1.165, 1.54) is 38.2 Å². The maximum atomic E-state index is 13.4. The molecule has 0 radical (unpaired) electrons. The Balaban J connectivity index is 1.38. The molecule has 168 valence electrons. The average molecular weight is 424 g/mol. The lowest BCUT2D eigenvalue weighted by Gasteiger charge is -2.42. The number of likely N-dealkylation sites (tertiary alicyclic amines) is 1. The minimum atomic E-state index is -0.137. The number of amides is 2. The van der Waals surface area contributed by atoms with Gasteiger partial charge in [0.25, 0.3) is 0 Å². The highest BCUT2D eigenvalue weighted by Crippen LogP contribution is 2.42. The van der Waals surface area contributed by atoms with Gasteiger partial charge in [0.05, 0.1) is 5.92 Å². The van der Waals surface area contributed by atoms with Crippen molar-refractivity contribution in [2.75, 3.05) is 24.5 Å². The lowest BCUT2D eigenvalue weighted by molar-refractivity contribution is -0.121. The number of allylic oxidation sites excluding steroid dienone is 2. The van der Waals surface area contributed by atoms with Crippen molar-refractivity contribution in [3.63, 3.8) is 0 Å². The van der Waals surface area contributed by atoms with Crippen LogP contribution in [0.25, 0.3) is 0 Å². The molecule has 1 aromatic carbocycles. The van der Waals surface area contributed by atoms with Gasteiger partial charge < -0.3 is 15.1 Å². The molecule has 1 N–H and O–H groups in total. The molecule has 2 aliphatic heterocycles. The molecule has 1 aromatic rings. The van der Waals surface area contributed by atoms with Crippen molar-refractivity contribution in [3.05, 3.63) is 41.0 Å². The van der Waals surface area contributed by atoms with E-state index in [1.54, 1.807) is 5.57 Å². The minimum absolute atomic E-state index is 0.0395. The lowest BCUT2D eigenvalue weighted by atomic mass is 9.86. The highest BCUT2D eigenvalue weighted by Gasteiger charge is 2.41. The smallest absolute Gasteiger partial charge is 0.234 e. The molecule has 0 spiro atoms. The average Bonchev–Trinajstić information content (AvgIpc) is 3.05. The number of fused-ring (bicyclic) bond motifs is 1. The summed E-state index contributed by atoms with van der Waals surface area (Å²) in [5.41, 5.74) is 5.39. The predicted octanol–water partition coefficient (Wildman–Crippen LogP) is 4.39. The zero-order valence-electron chi connectivity index (χ0n) is 19.3. The number of nitrogens with zero attached hydrogens (tertiary/aromatic N) is 2. The van der Waals surface area contributed by atoms with Gasteiger partial charge in [-0.05, 0) is 70.4 Å². The van der Waals surface area contributed by atoms with Crippen molar-refractivity contribution in [1.82, 2.24) is 10.2 Å². The summed E-state index contributed by atoms with van der Waals surface area (Å²) in [4.78, 5) is 29.4. The minimum Gasteiger partial charge on any atom is -0.356 e. The van der Waals surface area contributed by atoms with Crippen LogP contribution < -0.4 is 10.2 Å². The topological polar surface area (TPSA) is 52.7 Å². The highest BCUT2D eigenvalue weighted by atomic mass is 16.2. The second-order valence-corrected chi connectivity index (χ2v) is 9.69. The Labute approximate surface area is 186 Å². The monoisotopic (exact) mass is 423 g/mol. The van der Waals surface area contributed by atoms with Crippen LogP contribution in [0, 0.1) is 0 Å². The predicted molar refractivity (Wildman–Crippen MR) is 125 cm³/mol. The molecule has 4 rings (SSSR count). The molecule has 0 bridgehead atoms. The fourth-order valence-electron chi connectivity index (χ4n) is 5.79. The molecule has 31 heavy (non-hydrogen) atoms. The maximum Gasteiger partial charge on any atom is 0.234 e. The number of rotatable bonds is 5. The summed E-state index contributed by atoms with van der Waals surface area (Å²) in [6.45, 7) is 8.73. The molecule has 2 heterocycles. The van der Waals surface area contributed by atoms with Gasteiger partial charge in [-0.1, -0.05) is 29.3 Å². The molecule has 5 nitrogen and oxygen atoms in total. The third-order valence-corrected chi connectivity index (χ3v) is 7.56. The standard InChI is InChI=1S/C26H37N3O2/c1-18(2)20-8-10-21(11-9-20)28-16-13-22(14-17-28)29-25-7-5-4-6-23(25)24(26(29)31)12-15-27-19(3)30/h4-7,21-22,24H,8-17H2,1-3H3,(H,27,30). The molecule has 1 atom stereocenters. The third-order valence-electron chi connectivity index (χ3n) is 7.56. The summed E-state index contributed by atoms with van der Waals surface area (Å²) < 4.78 is 0. The first kappa shape index (κ1) is 22.1. The fourth-order valence-corrected chi connectivity index (χ4v) is 5.79. The number of anilines is 1. The first-order valence-corrected chi connectivity index (χ1v) is 12.0. The molecular formula is C26H37N3O2. The number of nitrogens with one attached hydrogen (secondary N) is 1. The van der Waals surface area contributed by atoms with E-state index in [2.05, 4.69) is 41.1 Å². The van der Waals surface area contributed by atoms with Crippen LogP contribution in [-0.2, 0) is 9.59 Å². The van der Waals surface area contributed by atoms with Gasteiger partial charge >= 0.3 is 0 Å². The summed E-state index contributed by atoms with van der Waals surface area (Å²) >= 11 is 0. The van der Waals surface area contributed by atoms with E-state index in [1.807, 2.05) is 12.1 Å². The summed E-state index contributed by atoms with van der Waals surface area (Å²) in [5.74, 6) is 0.0418. The number of carbonyl (C=O) groups excluding carboxylic acids is 2. The van der Waals surface area contributed by atoms with Crippen LogP contribution in [0.1, 0.15) is 77.2 Å². The van der Waals surface area contributed by atoms with Gasteiger partial charge in [-0.2, -0.15) is 0 Å². The van der Waals surface area contributed by atoms with E-state index in [9.17, 15) is 9.59 Å². The number of piperidine rings is 1. The van der Waals surface area contributed by atoms with Gasteiger partial charge in [0, 0.05) is 44.3 Å². The van der Waals surface area contributed by atoms with Crippen molar-refractivity contribution in [1.29, 1.82) is 0 Å². The molecule has 1 aliphatic carbocycles. The Morgan fingerprint density at radius 3 is 2.32 bits per heavy atom. The van der Waals surface area contributed by atoms with E-state index in [-0.39, 0.29) is 23.8 Å². The summed E-state index contributed by atoms with van der Waals surface area (Å²) in [5, 5.41) is 2.85. The second-order valence-electron chi connectivity index (χ2n) is 9.69. The fraction of sp³-hybridized carbons (Fsp3) is 0.615. The molecule has 2 fully saturated rings. The Kier molecular flexibility index (Phi) is 6.80. The van der Waals surface area contributed by atoms with Crippen molar-refractivity contribution in [2.24, 2.45) is 0 Å². The van der Waals surface area contributed by atoms with Crippen LogP contribution >= 0.6 is 0 Å². The molecule has 3 aliphatic rings. The van der Waals surface area contributed by atoms with E-state index in [0.717, 1.165) is 37.2 Å². The van der Waals surface area contributed by atoms with Gasteiger partial charge in [0.2, 0.25) is 11.8 Å². The number of hydrogen-bond donors (Lipinski definition) is 1. The Morgan fingerprint density at radius 2 is 1.68 bits per heavy atom. The third kappa shape index (κ3) is 4.72. The van der Waals surface area contributed by atoms with Crippen molar-refractivity contribution in [2.45, 2.75) is 83.7 Å². The summed E-state index contributed by atoms with van der Waals surface area (Å²) in [7, 11) is 0. The van der Waals surface area contributed by atoms with Crippen molar-refractivity contribution >= 4 is 17.5 Å². The first-order valence-electron chi connectivity index (χ1n) is 12.0. The summed E-state index contributed by atoms with van der Waals surface area (Å²) in [6.07, 6.45) is 7.82. The van der Waals surface area contributed by atoms with Gasteiger partial charge in [-0.25, -0.2) is 0 Å². The number of carbonyl (C=O) groups is 2. The largest absolute Gasteiger partial charge is 0.356 e. The van der Waals surface area contributed by atoms with Crippen LogP contribution in [0.4, 0.5) is 5.69 Å². The van der Waals surface area contributed by atoms with Gasteiger partial charge in [-0.3, -0.25) is 9.59 Å². The molecule has 1 saturated carbocycles. The van der Waals surface area contributed by atoms with Crippen LogP contribution in [0.3, 0.4) is 0 Å². The maximum absolute atomic E-state index is 13.4. The van der Waals surface area contributed by atoms with Gasteiger partial charge in [0.1, 0.15) is 0 Å². The van der Waals surface area contributed by atoms with Gasteiger partial charge in [-0.15, -0.1) is 0 Å². The normalized spacial score (nSPS) is 24.9. The zero-order valence-corrected chi connectivity index (χ0v) is 19.3. The number of hydrogen-bond acceptors (Lipinski definition) is 3. The van der Waals surface area contributed by atoms with E-state index < -0.39 is 0 Å². The number of benzene rings is 1. The molecule has 5 heteroatoms.